The van der Waals surface area contributed by atoms with Crippen molar-refractivity contribution in [2.24, 2.45) is 0 Å². The molecule has 2 rings (SSSR count). The molecule has 24 heavy (non-hydrogen) atoms. The lowest BCUT2D eigenvalue weighted by Gasteiger charge is -2.07. The van der Waals surface area contributed by atoms with Crippen LogP contribution < -0.4 is 5.32 Å². The Morgan fingerprint density at radius 3 is 2.71 bits per heavy atom. The lowest BCUT2D eigenvalue weighted by molar-refractivity contribution is -0.182. The molecule has 0 fully saturated rings. The Kier molecular flexibility index (Phi) is 5.18. The Hall–Kier alpha value is -2.89. The second kappa shape index (κ2) is 7.12. The summed E-state index contributed by atoms with van der Waals surface area (Å²) in [5, 5.41) is 18.6. The Bertz CT molecular complexity index is 724. The molecule has 0 radical (unpaired) electrons. The van der Waals surface area contributed by atoms with Crippen molar-refractivity contribution < 1.29 is 32.6 Å². The topological polar surface area (TPSA) is 111 Å². The fourth-order valence-electron chi connectivity index (χ4n) is 1.67. The quantitative estimate of drug-likeness (QED) is 0.771. The van der Waals surface area contributed by atoms with Gasteiger partial charge in [0.2, 0.25) is 5.91 Å². The van der Waals surface area contributed by atoms with Gasteiger partial charge < -0.3 is 15.2 Å². The van der Waals surface area contributed by atoms with E-state index in [0.29, 0.717) is 0 Å². The molecule has 0 atom stereocenters. The fourth-order valence-corrected chi connectivity index (χ4v) is 1.67. The molecule has 0 spiro atoms. The number of carbonyl (C=O) groups is 2. The van der Waals surface area contributed by atoms with E-state index in [1.165, 1.54) is 24.7 Å². The van der Waals surface area contributed by atoms with Crippen LogP contribution in [0, 0.1) is 0 Å². The molecular weight excluding hydrogens is 335 g/mol. The zero-order valence-electron chi connectivity index (χ0n) is 12.0. The molecule has 9 nitrogen and oxygen atoms in total. The van der Waals surface area contributed by atoms with Gasteiger partial charge in [-0.3, -0.25) is 9.48 Å². The van der Waals surface area contributed by atoms with Crippen LogP contribution in [0.15, 0.2) is 24.7 Å². The summed E-state index contributed by atoms with van der Waals surface area (Å²) in [4.78, 5) is 22.5. The smallest absolute Gasteiger partial charge is 0.411 e. The van der Waals surface area contributed by atoms with Gasteiger partial charge in [-0.15, -0.1) is 0 Å². The maximum absolute atomic E-state index is 11.9. The second-order valence-corrected chi connectivity index (χ2v) is 4.61. The first-order valence-corrected chi connectivity index (χ1v) is 6.46. The summed E-state index contributed by atoms with van der Waals surface area (Å²) in [5.74, 6) is -1.72. The lowest BCUT2D eigenvalue weighted by Crippen LogP contribution is -2.19. The largest absolute Gasteiger partial charge is 0.476 e. The summed E-state index contributed by atoms with van der Waals surface area (Å²) in [6.45, 7) is -2.06. The highest BCUT2D eigenvalue weighted by molar-refractivity contribution is 5.90. The first-order valence-electron chi connectivity index (χ1n) is 6.46. The number of aromatic nitrogens is 4. The highest BCUT2D eigenvalue weighted by Gasteiger charge is 2.27. The van der Waals surface area contributed by atoms with Crippen LogP contribution in [0.2, 0.25) is 0 Å². The first kappa shape index (κ1) is 17.5. The van der Waals surface area contributed by atoms with Gasteiger partial charge in [-0.05, 0) is 6.07 Å². The van der Waals surface area contributed by atoms with Crippen molar-refractivity contribution in [2.45, 2.75) is 19.5 Å². The zero-order chi connectivity index (χ0) is 17.7. The molecule has 0 aliphatic carbocycles. The van der Waals surface area contributed by atoms with Gasteiger partial charge in [-0.25, -0.2) is 9.48 Å². The number of aromatic carboxylic acids is 1. The van der Waals surface area contributed by atoms with Crippen LogP contribution in [0.4, 0.5) is 18.9 Å². The SMILES string of the molecule is O=C(Cn1ccc(C(=O)O)n1)Nc1cnn(COCC(F)(F)F)c1. The summed E-state index contributed by atoms with van der Waals surface area (Å²) >= 11 is 0. The molecule has 2 aromatic heterocycles. The van der Waals surface area contributed by atoms with E-state index < -0.39 is 31.4 Å². The highest BCUT2D eigenvalue weighted by Crippen LogP contribution is 2.15. The number of carboxylic acid groups (broad SMARTS) is 1. The minimum absolute atomic E-state index is 0.197. The van der Waals surface area contributed by atoms with E-state index in [-0.39, 0.29) is 17.9 Å². The second-order valence-electron chi connectivity index (χ2n) is 4.61. The highest BCUT2D eigenvalue weighted by atomic mass is 19.4. The van der Waals surface area contributed by atoms with E-state index in [9.17, 15) is 22.8 Å². The average molecular weight is 347 g/mol. The van der Waals surface area contributed by atoms with E-state index >= 15 is 0 Å². The van der Waals surface area contributed by atoms with E-state index in [1.807, 2.05) is 0 Å². The number of nitrogens with zero attached hydrogens (tertiary/aromatic N) is 4. The molecule has 2 heterocycles. The number of carboxylic acids is 1. The molecule has 0 bridgehead atoms. The summed E-state index contributed by atoms with van der Waals surface area (Å²) in [5.41, 5.74) is 0.0543. The minimum Gasteiger partial charge on any atom is -0.476 e. The van der Waals surface area contributed by atoms with Gasteiger partial charge in [0.1, 0.15) is 19.9 Å². The van der Waals surface area contributed by atoms with Crippen molar-refractivity contribution in [2.75, 3.05) is 11.9 Å². The summed E-state index contributed by atoms with van der Waals surface area (Å²) < 4.78 is 42.4. The molecule has 12 heteroatoms. The van der Waals surface area contributed by atoms with Gasteiger partial charge in [-0.1, -0.05) is 0 Å². The van der Waals surface area contributed by atoms with Crippen LogP contribution in [0.3, 0.4) is 0 Å². The van der Waals surface area contributed by atoms with E-state index in [0.717, 1.165) is 9.36 Å². The third-order valence-corrected chi connectivity index (χ3v) is 2.57. The Balaban J connectivity index is 1.82. The van der Waals surface area contributed by atoms with Crippen molar-refractivity contribution >= 4 is 17.6 Å². The fraction of sp³-hybridized carbons (Fsp3) is 0.333. The van der Waals surface area contributed by atoms with Gasteiger partial charge in [-0.2, -0.15) is 23.4 Å². The first-order chi connectivity index (χ1) is 11.2. The maximum Gasteiger partial charge on any atom is 0.411 e. The number of ether oxygens (including phenoxy) is 1. The van der Waals surface area contributed by atoms with Gasteiger partial charge in [0.05, 0.1) is 18.1 Å². The molecule has 0 aliphatic heterocycles. The molecule has 0 aromatic carbocycles. The maximum atomic E-state index is 11.9. The number of alkyl halides is 3. The molecule has 0 unspecified atom stereocenters. The van der Waals surface area contributed by atoms with Crippen molar-refractivity contribution in [1.82, 2.24) is 19.6 Å². The number of amides is 1. The molecule has 0 aliphatic rings. The van der Waals surface area contributed by atoms with Crippen LogP contribution >= 0.6 is 0 Å². The average Bonchev–Trinajstić information content (AvgIpc) is 3.07. The van der Waals surface area contributed by atoms with Crippen molar-refractivity contribution in [3.05, 3.63) is 30.4 Å². The van der Waals surface area contributed by atoms with Crippen LogP contribution in [-0.2, 0) is 22.8 Å². The molecule has 0 saturated heterocycles. The molecular formula is C12H12F3N5O4. The number of hydrogen-bond acceptors (Lipinski definition) is 5. The van der Waals surface area contributed by atoms with Crippen molar-refractivity contribution in [3.8, 4) is 0 Å². The van der Waals surface area contributed by atoms with Gasteiger partial charge in [0.15, 0.2) is 5.69 Å². The molecule has 2 N–H and O–H groups in total. The van der Waals surface area contributed by atoms with E-state index in [4.69, 9.17) is 5.11 Å². The molecule has 2 aromatic rings. The summed E-state index contributed by atoms with van der Waals surface area (Å²) in [6, 6.07) is 1.24. The van der Waals surface area contributed by atoms with Crippen molar-refractivity contribution in [3.63, 3.8) is 0 Å². The van der Waals surface area contributed by atoms with E-state index in [2.05, 4.69) is 20.3 Å². The number of anilines is 1. The lowest BCUT2D eigenvalue weighted by atomic mass is 10.4. The van der Waals surface area contributed by atoms with Crippen molar-refractivity contribution in [1.29, 1.82) is 0 Å². The zero-order valence-corrected chi connectivity index (χ0v) is 12.0. The Morgan fingerprint density at radius 1 is 1.33 bits per heavy atom. The number of halogens is 3. The number of nitrogens with one attached hydrogen (secondary N) is 1. The van der Waals surface area contributed by atoms with E-state index in [1.54, 1.807) is 0 Å². The molecule has 130 valence electrons. The number of hydrogen-bond donors (Lipinski definition) is 2. The summed E-state index contributed by atoms with van der Waals surface area (Å²) in [6.07, 6.45) is -0.569. The normalized spacial score (nSPS) is 11.5. The Labute approximate surface area is 132 Å². The van der Waals surface area contributed by atoms with Gasteiger partial charge >= 0.3 is 12.1 Å². The van der Waals surface area contributed by atoms with Crippen LogP contribution in [0.25, 0.3) is 0 Å². The summed E-state index contributed by atoms with van der Waals surface area (Å²) in [7, 11) is 0. The molecule has 0 saturated carbocycles. The third kappa shape index (κ3) is 5.39. The predicted molar refractivity (Wildman–Crippen MR) is 72.1 cm³/mol. The number of carbonyl (C=O) groups excluding carboxylic acids is 1. The van der Waals surface area contributed by atoms with Gasteiger partial charge in [0, 0.05) is 6.20 Å². The van der Waals surface area contributed by atoms with Crippen LogP contribution in [-0.4, -0.2) is 49.3 Å². The van der Waals surface area contributed by atoms with Gasteiger partial charge in [0.25, 0.3) is 0 Å². The Morgan fingerprint density at radius 2 is 2.08 bits per heavy atom. The minimum atomic E-state index is -4.43. The third-order valence-electron chi connectivity index (χ3n) is 2.57. The molecule has 1 amide bonds. The van der Waals surface area contributed by atoms with Crippen LogP contribution in [0.1, 0.15) is 10.5 Å². The van der Waals surface area contributed by atoms with Crippen LogP contribution in [0.5, 0.6) is 0 Å². The standard InChI is InChI=1S/C12H12F3N5O4/c13-12(14,15)6-24-7-20-4-8(3-16-20)17-10(21)5-19-2-1-9(18-19)11(22)23/h1-4H,5-7H2,(H,17,21)(H,22,23). The monoisotopic (exact) mass is 347 g/mol. The predicted octanol–water partition coefficient (Wildman–Crippen LogP) is 0.953. The number of rotatable bonds is 7.